The third-order valence-corrected chi connectivity index (χ3v) is 1.87. The SMILES string of the molecule is CC.CC(C)C.CC(C)Cc1ccccc1.O=CNCB(O)O. The van der Waals surface area contributed by atoms with Crippen molar-refractivity contribution in [3.05, 3.63) is 35.9 Å². The lowest BCUT2D eigenvalue weighted by molar-refractivity contribution is -0.109. The van der Waals surface area contributed by atoms with Crippen LogP contribution in [0.1, 0.15) is 54.0 Å². The molecule has 23 heavy (non-hydrogen) atoms. The van der Waals surface area contributed by atoms with Gasteiger partial charge >= 0.3 is 7.12 Å². The first-order chi connectivity index (χ1) is 10.8. The number of hydrogen-bond donors (Lipinski definition) is 3. The first kappa shape index (κ1) is 26.6. The van der Waals surface area contributed by atoms with Gasteiger partial charge in [0.1, 0.15) is 0 Å². The summed E-state index contributed by atoms with van der Waals surface area (Å²) >= 11 is 0. The average Bonchev–Trinajstić information content (AvgIpc) is 2.47. The Labute approximate surface area is 143 Å². The van der Waals surface area contributed by atoms with E-state index in [9.17, 15) is 4.79 Å². The van der Waals surface area contributed by atoms with Gasteiger partial charge in [0.05, 0.1) is 6.44 Å². The van der Waals surface area contributed by atoms with E-state index in [1.165, 1.54) is 12.0 Å². The minimum Gasteiger partial charge on any atom is -0.426 e. The quantitative estimate of drug-likeness (QED) is 0.574. The van der Waals surface area contributed by atoms with E-state index in [0.717, 1.165) is 11.8 Å². The molecule has 0 radical (unpaired) electrons. The van der Waals surface area contributed by atoms with Crippen molar-refractivity contribution in [3.63, 3.8) is 0 Å². The highest BCUT2D eigenvalue weighted by atomic mass is 16.4. The summed E-state index contributed by atoms with van der Waals surface area (Å²) in [5.74, 6) is 1.60. The minimum absolute atomic E-state index is 0.108. The Kier molecular flexibility index (Phi) is 23.9. The van der Waals surface area contributed by atoms with Crippen molar-refractivity contribution in [3.8, 4) is 0 Å². The molecule has 0 atom stereocenters. The number of benzene rings is 1. The number of amides is 1. The predicted octanol–water partition coefficient (Wildman–Crippen LogP) is 3.32. The number of carbonyl (C=O) groups excluding carboxylic acids is 1. The van der Waals surface area contributed by atoms with E-state index in [4.69, 9.17) is 10.0 Å². The molecule has 0 aliphatic rings. The highest BCUT2D eigenvalue weighted by Crippen LogP contribution is 2.05. The highest BCUT2D eigenvalue weighted by Gasteiger charge is 2.02. The number of rotatable bonds is 5. The maximum absolute atomic E-state index is 9.38. The van der Waals surface area contributed by atoms with Gasteiger partial charge in [0.15, 0.2) is 0 Å². The lowest BCUT2D eigenvalue weighted by Gasteiger charge is -2.02. The topological polar surface area (TPSA) is 69.6 Å². The summed E-state index contributed by atoms with van der Waals surface area (Å²) in [5, 5.41) is 18.1. The molecule has 1 aromatic carbocycles. The van der Waals surface area contributed by atoms with Gasteiger partial charge in [-0.2, -0.15) is 0 Å². The molecule has 0 unspecified atom stereocenters. The molecule has 3 N–H and O–H groups in total. The van der Waals surface area contributed by atoms with Crippen LogP contribution in [0.25, 0.3) is 0 Å². The molecule has 0 saturated carbocycles. The van der Waals surface area contributed by atoms with Crippen LogP contribution in [0.5, 0.6) is 0 Å². The Morgan fingerprint density at radius 3 is 1.74 bits per heavy atom. The van der Waals surface area contributed by atoms with E-state index in [-0.39, 0.29) is 6.44 Å². The van der Waals surface area contributed by atoms with Gasteiger partial charge in [-0.1, -0.05) is 78.8 Å². The van der Waals surface area contributed by atoms with Crippen LogP contribution >= 0.6 is 0 Å². The highest BCUT2D eigenvalue weighted by molar-refractivity contribution is 6.41. The predicted molar refractivity (Wildman–Crippen MR) is 101 cm³/mol. The molecule has 5 heteroatoms. The normalized spacial score (nSPS) is 8.65. The molecule has 134 valence electrons. The van der Waals surface area contributed by atoms with Gasteiger partial charge in [0.2, 0.25) is 6.41 Å². The second-order valence-corrected chi connectivity index (χ2v) is 5.82. The molecule has 0 bridgehead atoms. The van der Waals surface area contributed by atoms with E-state index < -0.39 is 7.12 Å². The zero-order valence-corrected chi connectivity index (χ0v) is 15.9. The summed E-state index contributed by atoms with van der Waals surface area (Å²) in [6.07, 6.45) is 1.49. The van der Waals surface area contributed by atoms with Crippen molar-refractivity contribution in [1.29, 1.82) is 0 Å². The molecule has 0 heterocycles. The minimum atomic E-state index is -1.44. The fourth-order valence-electron chi connectivity index (χ4n) is 1.24. The van der Waals surface area contributed by atoms with Gasteiger partial charge < -0.3 is 15.4 Å². The summed E-state index contributed by atoms with van der Waals surface area (Å²) in [7, 11) is -1.44. The van der Waals surface area contributed by atoms with Gasteiger partial charge in [0, 0.05) is 0 Å². The number of nitrogens with one attached hydrogen (secondary N) is 1. The molecule has 0 spiro atoms. The lowest BCUT2D eigenvalue weighted by Crippen LogP contribution is -2.29. The molecule has 0 aliphatic heterocycles. The maximum atomic E-state index is 9.38. The monoisotopic (exact) mass is 325 g/mol. The summed E-state index contributed by atoms with van der Waals surface area (Å²) < 4.78 is 0. The Balaban J connectivity index is -0.000000270. The van der Waals surface area contributed by atoms with Gasteiger partial charge in [-0.3, -0.25) is 4.79 Å². The average molecular weight is 325 g/mol. The summed E-state index contributed by atoms with van der Waals surface area (Å²) in [6, 6.07) is 10.6. The van der Waals surface area contributed by atoms with Crippen molar-refractivity contribution < 1.29 is 14.8 Å². The van der Waals surface area contributed by atoms with Crippen molar-refractivity contribution in [2.24, 2.45) is 11.8 Å². The van der Waals surface area contributed by atoms with Crippen molar-refractivity contribution in [1.82, 2.24) is 5.32 Å². The zero-order valence-electron chi connectivity index (χ0n) is 15.9. The fourth-order valence-corrected chi connectivity index (χ4v) is 1.24. The third-order valence-electron chi connectivity index (χ3n) is 1.87. The van der Waals surface area contributed by atoms with Crippen LogP contribution in [0.3, 0.4) is 0 Å². The molecular formula is C18H36BNO3. The smallest absolute Gasteiger partial charge is 0.426 e. The van der Waals surface area contributed by atoms with E-state index in [0.29, 0.717) is 6.41 Å². The number of carbonyl (C=O) groups is 1. The van der Waals surface area contributed by atoms with Gasteiger partial charge in [-0.15, -0.1) is 0 Å². The zero-order chi connectivity index (χ0) is 18.7. The first-order valence-electron chi connectivity index (χ1n) is 8.36. The molecule has 0 fully saturated rings. The molecule has 1 aromatic rings. The molecule has 0 saturated heterocycles. The van der Waals surface area contributed by atoms with E-state index in [1.807, 2.05) is 13.8 Å². The van der Waals surface area contributed by atoms with Crippen LogP contribution in [0.2, 0.25) is 0 Å². The molecule has 4 nitrogen and oxygen atoms in total. The van der Waals surface area contributed by atoms with Crippen LogP contribution in [0, 0.1) is 11.8 Å². The molecule has 1 rings (SSSR count). The van der Waals surface area contributed by atoms with Gasteiger partial charge in [-0.05, 0) is 23.8 Å². The third kappa shape index (κ3) is 33.5. The molecular weight excluding hydrogens is 289 g/mol. The van der Waals surface area contributed by atoms with Crippen molar-refractivity contribution in [2.45, 2.75) is 54.9 Å². The molecule has 0 aromatic heterocycles. The fraction of sp³-hybridized carbons (Fsp3) is 0.611. The van der Waals surface area contributed by atoms with Crippen LogP contribution in [0.4, 0.5) is 0 Å². The standard InChI is InChI=1S/C10H14.C4H10.C2H6BNO3.C2H6/c1-9(2)8-10-6-4-3-5-7-10;1-4(2)3;5-2-4-1-3(6)7;1-2/h3-7,9H,8H2,1-2H3;4H,1-3H3;2,6-7H,1H2,(H,4,5);1-2H3. The molecule has 1 amide bonds. The van der Waals surface area contributed by atoms with Crippen LogP contribution in [0.15, 0.2) is 30.3 Å². The van der Waals surface area contributed by atoms with Crippen LogP contribution < -0.4 is 5.32 Å². The Morgan fingerprint density at radius 1 is 1.04 bits per heavy atom. The summed E-state index contributed by atoms with van der Waals surface area (Å²) in [5.41, 5.74) is 1.44. The van der Waals surface area contributed by atoms with Crippen molar-refractivity contribution in [2.75, 3.05) is 6.44 Å². The lowest BCUT2D eigenvalue weighted by atomic mass is 9.93. The van der Waals surface area contributed by atoms with E-state index in [2.05, 4.69) is 70.3 Å². The van der Waals surface area contributed by atoms with Crippen LogP contribution in [-0.2, 0) is 11.2 Å². The van der Waals surface area contributed by atoms with E-state index >= 15 is 0 Å². The summed E-state index contributed by atoms with van der Waals surface area (Å²) in [4.78, 5) is 9.38. The summed E-state index contributed by atoms with van der Waals surface area (Å²) in [6.45, 7) is 15.0. The Morgan fingerprint density at radius 2 is 1.48 bits per heavy atom. The van der Waals surface area contributed by atoms with E-state index in [1.54, 1.807) is 0 Å². The first-order valence-corrected chi connectivity index (χ1v) is 8.36. The Hall–Kier alpha value is -1.33. The van der Waals surface area contributed by atoms with Crippen LogP contribution in [-0.4, -0.2) is 30.0 Å². The molecule has 0 aliphatic carbocycles. The second-order valence-electron chi connectivity index (χ2n) is 5.82. The second kappa shape index (κ2) is 20.7. The van der Waals surface area contributed by atoms with Gasteiger partial charge in [0.25, 0.3) is 0 Å². The van der Waals surface area contributed by atoms with Crippen molar-refractivity contribution >= 4 is 13.5 Å². The number of hydrogen-bond acceptors (Lipinski definition) is 3. The maximum Gasteiger partial charge on any atom is 0.472 e. The Bertz CT molecular complexity index is 328. The van der Waals surface area contributed by atoms with Gasteiger partial charge in [-0.25, -0.2) is 0 Å². The largest absolute Gasteiger partial charge is 0.472 e.